The molecule has 0 radical (unpaired) electrons. The Morgan fingerprint density at radius 2 is 2.48 bits per heavy atom. The van der Waals surface area contributed by atoms with Crippen molar-refractivity contribution >= 4 is 27.9 Å². The summed E-state index contributed by atoms with van der Waals surface area (Å²) < 4.78 is 11.8. The molecule has 21 heavy (non-hydrogen) atoms. The first-order chi connectivity index (χ1) is 10.0. The predicted octanol–water partition coefficient (Wildman–Crippen LogP) is 0.277. The lowest BCUT2D eigenvalue weighted by atomic mass is 10.1. The number of rotatable bonds is 4. The Labute approximate surface area is 129 Å². The SMILES string of the molecule is CO[C@]12NC(=O)N[C@H]1C[C@@H](CNC(=O)c1cc(Br)c[nH]1)O2. The van der Waals surface area contributed by atoms with E-state index in [2.05, 4.69) is 36.9 Å². The summed E-state index contributed by atoms with van der Waals surface area (Å²) in [6.07, 6.45) is 2.00. The Hall–Kier alpha value is -1.58. The van der Waals surface area contributed by atoms with Gasteiger partial charge < -0.3 is 25.1 Å². The van der Waals surface area contributed by atoms with E-state index in [1.54, 1.807) is 12.3 Å². The fourth-order valence-electron chi connectivity index (χ4n) is 2.59. The van der Waals surface area contributed by atoms with Gasteiger partial charge in [-0.1, -0.05) is 0 Å². The molecule has 2 saturated heterocycles. The number of hydrogen-bond donors (Lipinski definition) is 4. The highest BCUT2D eigenvalue weighted by Gasteiger charge is 2.55. The van der Waals surface area contributed by atoms with E-state index < -0.39 is 5.91 Å². The molecule has 9 heteroatoms. The third-order valence-corrected chi connectivity index (χ3v) is 4.04. The van der Waals surface area contributed by atoms with Crippen LogP contribution in [-0.2, 0) is 9.47 Å². The number of halogens is 1. The van der Waals surface area contributed by atoms with Crippen molar-refractivity contribution in [3.05, 3.63) is 22.4 Å². The fourth-order valence-corrected chi connectivity index (χ4v) is 2.93. The van der Waals surface area contributed by atoms with Gasteiger partial charge in [0, 0.05) is 30.7 Å². The number of carbonyl (C=O) groups is 2. The van der Waals surface area contributed by atoms with Crippen LogP contribution in [0.5, 0.6) is 0 Å². The second kappa shape index (κ2) is 5.32. The van der Waals surface area contributed by atoms with Crippen molar-refractivity contribution in [2.75, 3.05) is 13.7 Å². The van der Waals surface area contributed by atoms with Crippen LogP contribution >= 0.6 is 15.9 Å². The molecule has 0 saturated carbocycles. The lowest BCUT2D eigenvalue weighted by molar-refractivity contribution is -0.221. The summed E-state index contributed by atoms with van der Waals surface area (Å²) in [6, 6.07) is 1.11. The molecule has 8 nitrogen and oxygen atoms in total. The molecule has 2 aliphatic heterocycles. The quantitative estimate of drug-likeness (QED) is 0.620. The van der Waals surface area contributed by atoms with Crippen LogP contribution in [0.15, 0.2) is 16.7 Å². The van der Waals surface area contributed by atoms with Crippen LogP contribution in [0.4, 0.5) is 4.79 Å². The number of methoxy groups -OCH3 is 1. The van der Waals surface area contributed by atoms with Crippen LogP contribution in [0.1, 0.15) is 16.9 Å². The highest BCUT2D eigenvalue weighted by Crippen LogP contribution is 2.32. The minimum atomic E-state index is -1.14. The first-order valence-corrected chi connectivity index (χ1v) is 7.25. The second-order valence-electron chi connectivity index (χ2n) is 4.94. The largest absolute Gasteiger partial charge is 0.356 e. The average molecular weight is 359 g/mol. The summed E-state index contributed by atoms with van der Waals surface area (Å²) in [6.45, 7) is 0.328. The third kappa shape index (κ3) is 2.63. The van der Waals surface area contributed by atoms with E-state index in [9.17, 15) is 9.59 Å². The van der Waals surface area contributed by atoms with E-state index >= 15 is 0 Å². The number of H-pyrrole nitrogens is 1. The number of urea groups is 1. The molecule has 114 valence electrons. The summed E-state index contributed by atoms with van der Waals surface area (Å²) in [5.41, 5.74) is 0.466. The molecule has 0 unspecified atom stereocenters. The van der Waals surface area contributed by atoms with Gasteiger partial charge in [-0.3, -0.25) is 10.1 Å². The van der Waals surface area contributed by atoms with Crippen molar-refractivity contribution in [2.45, 2.75) is 24.5 Å². The zero-order chi connectivity index (χ0) is 15.0. The Morgan fingerprint density at radius 3 is 3.10 bits per heavy atom. The Kier molecular flexibility index (Phi) is 3.64. The van der Waals surface area contributed by atoms with E-state index in [0.717, 1.165) is 4.47 Å². The average Bonchev–Trinajstić information content (AvgIpc) is 3.08. The van der Waals surface area contributed by atoms with Crippen LogP contribution in [0.2, 0.25) is 0 Å². The maximum absolute atomic E-state index is 11.9. The smallest absolute Gasteiger partial charge is 0.319 e. The van der Waals surface area contributed by atoms with Crippen LogP contribution in [-0.4, -0.2) is 48.6 Å². The minimum Gasteiger partial charge on any atom is -0.356 e. The molecule has 0 spiro atoms. The van der Waals surface area contributed by atoms with Crippen LogP contribution < -0.4 is 16.0 Å². The van der Waals surface area contributed by atoms with E-state index in [1.165, 1.54) is 7.11 Å². The van der Waals surface area contributed by atoms with Gasteiger partial charge in [0.2, 0.25) is 0 Å². The van der Waals surface area contributed by atoms with Crippen molar-refractivity contribution in [1.29, 1.82) is 0 Å². The van der Waals surface area contributed by atoms with Crippen molar-refractivity contribution in [2.24, 2.45) is 0 Å². The normalized spacial score (nSPS) is 30.7. The molecule has 1 aromatic rings. The van der Waals surface area contributed by atoms with Gasteiger partial charge in [-0.15, -0.1) is 0 Å². The lowest BCUT2D eigenvalue weighted by Crippen LogP contribution is -2.49. The Morgan fingerprint density at radius 1 is 1.67 bits per heavy atom. The van der Waals surface area contributed by atoms with Crippen LogP contribution in [0.3, 0.4) is 0 Å². The summed E-state index contributed by atoms with van der Waals surface area (Å²) in [4.78, 5) is 26.1. The van der Waals surface area contributed by atoms with Gasteiger partial charge in [0.05, 0.1) is 6.10 Å². The summed E-state index contributed by atoms with van der Waals surface area (Å²) >= 11 is 3.27. The number of hydrogen-bond acceptors (Lipinski definition) is 4. The Balaban J connectivity index is 1.56. The number of ether oxygens (including phenoxy) is 2. The molecule has 3 atom stereocenters. The van der Waals surface area contributed by atoms with Crippen molar-refractivity contribution in [3.8, 4) is 0 Å². The van der Waals surface area contributed by atoms with Crippen molar-refractivity contribution in [3.63, 3.8) is 0 Å². The number of aromatic nitrogens is 1. The molecule has 0 aliphatic carbocycles. The first-order valence-electron chi connectivity index (χ1n) is 6.46. The molecule has 0 bridgehead atoms. The van der Waals surface area contributed by atoms with E-state index in [-0.39, 0.29) is 24.1 Å². The zero-order valence-corrected chi connectivity index (χ0v) is 12.8. The lowest BCUT2D eigenvalue weighted by Gasteiger charge is -2.25. The van der Waals surface area contributed by atoms with Gasteiger partial charge in [-0.2, -0.15) is 0 Å². The maximum atomic E-state index is 11.9. The molecule has 1 aromatic heterocycles. The molecule has 3 rings (SSSR count). The topological polar surface area (TPSA) is 104 Å². The molecule has 3 heterocycles. The minimum absolute atomic E-state index is 0.218. The van der Waals surface area contributed by atoms with Gasteiger partial charge in [0.15, 0.2) is 0 Å². The van der Waals surface area contributed by atoms with Gasteiger partial charge in [-0.25, -0.2) is 4.79 Å². The number of aromatic amines is 1. The summed E-state index contributed by atoms with van der Waals surface area (Å²) in [7, 11) is 1.47. The van der Waals surface area contributed by atoms with E-state index in [4.69, 9.17) is 9.47 Å². The first kappa shape index (κ1) is 14.4. The number of fused-ring (bicyclic) bond motifs is 1. The van der Waals surface area contributed by atoms with Gasteiger partial charge in [0.1, 0.15) is 11.7 Å². The van der Waals surface area contributed by atoms with Gasteiger partial charge in [0.25, 0.3) is 11.8 Å². The highest BCUT2D eigenvalue weighted by atomic mass is 79.9. The molecule has 0 aromatic carbocycles. The third-order valence-electron chi connectivity index (χ3n) is 3.58. The molecule has 2 aliphatic rings. The Bertz CT molecular complexity index is 577. The molecule has 3 amide bonds. The number of nitrogens with one attached hydrogen (secondary N) is 4. The van der Waals surface area contributed by atoms with Crippen LogP contribution in [0.25, 0.3) is 0 Å². The second-order valence-corrected chi connectivity index (χ2v) is 5.86. The predicted molar refractivity (Wildman–Crippen MR) is 75.5 cm³/mol. The number of amides is 3. The van der Waals surface area contributed by atoms with Gasteiger partial charge in [-0.05, 0) is 22.0 Å². The standard InChI is InChI=1S/C12H15BrN4O4/c1-20-12-9(16-11(19)17-12)3-7(21-12)5-15-10(18)8-2-6(13)4-14-8/h2,4,7,9,14H,3,5H2,1H3,(H,15,18)(H2,16,17,19)/t7-,9-,12+/m0/s1. The monoisotopic (exact) mass is 358 g/mol. The van der Waals surface area contributed by atoms with Crippen molar-refractivity contribution in [1.82, 2.24) is 20.9 Å². The maximum Gasteiger partial charge on any atom is 0.319 e. The summed E-state index contributed by atoms with van der Waals surface area (Å²) in [5.74, 6) is -1.35. The summed E-state index contributed by atoms with van der Waals surface area (Å²) in [5, 5.41) is 8.13. The van der Waals surface area contributed by atoms with E-state index in [1.807, 2.05) is 0 Å². The number of carbonyl (C=O) groups excluding carboxylic acids is 2. The molecule has 2 fully saturated rings. The van der Waals surface area contributed by atoms with Gasteiger partial charge >= 0.3 is 6.03 Å². The fraction of sp³-hybridized carbons (Fsp3) is 0.500. The van der Waals surface area contributed by atoms with Crippen LogP contribution in [0, 0.1) is 0 Å². The van der Waals surface area contributed by atoms with Crippen molar-refractivity contribution < 1.29 is 19.1 Å². The van der Waals surface area contributed by atoms with E-state index in [0.29, 0.717) is 18.7 Å². The zero-order valence-electron chi connectivity index (χ0n) is 11.2. The molecule has 4 N–H and O–H groups in total. The molecular formula is C12H15BrN4O4. The highest BCUT2D eigenvalue weighted by molar-refractivity contribution is 9.10. The molecular weight excluding hydrogens is 344 g/mol.